The number of fused-ring (bicyclic) bond motifs is 1. The molecule has 3 heteroatoms. The second kappa shape index (κ2) is 6.90. The average Bonchev–Trinajstić information content (AvgIpc) is 2.49. The highest BCUT2D eigenvalue weighted by Gasteiger charge is 2.42. The number of carbonyl (C=O) groups excluding carboxylic acids is 1. The Morgan fingerprint density at radius 2 is 1.59 bits per heavy atom. The lowest BCUT2D eigenvalue weighted by Gasteiger charge is -2.53. The number of hydrogen-bond acceptors (Lipinski definition) is 2. The molecular formula is C19H34N2O. The van der Waals surface area contributed by atoms with E-state index in [2.05, 4.69) is 23.6 Å². The molecule has 1 heterocycles. The molecule has 0 aromatic carbocycles. The van der Waals surface area contributed by atoms with Crippen LogP contribution in [0.15, 0.2) is 0 Å². The molecule has 3 fully saturated rings. The highest BCUT2D eigenvalue weighted by Crippen LogP contribution is 2.35. The zero-order valence-electron chi connectivity index (χ0n) is 14.8. The van der Waals surface area contributed by atoms with Gasteiger partial charge in [-0.2, -0.15) is 0 Å². The first-order valence-corrected chi connectivity index (χ1v) is 9.59. The summed E-state index contributed by atoms with van der Waals surface area (Å²) in [7, 11) is 0. The van der Waals surface area contributed by atoms with Gasteiger partial charge in [0.2, 0.25) is 5.91 Å². The Kier molecular flexibility index (Phi) is 5.11. The third-order valence-electron chi connectivity index (χ3n) is 6.49. The van der Waals surface area contributed by atoms with Crippen molar-refractivity contribution in [2.75, 3.05) is 13.1 Å². The highest BCUT2D eigenvalue weighted by atomic mass is 16.2. The second-order valence-corrected chi connectivity index (χ2v) is 8.27. The predicted octanol–water partition coefficient (Wildman–Crippen LogP) is 3.68. The third kappa shape index (κ3) is 3.34. The fraction of sp³-hybridized carbons (Fsp3) is 0.947. The molecule has 22 heavy (non-hydrogen) atoms. The van der Waals surface area contributed by atoms with E-state index in [1.54, 1.807) is 6.92 Å². The van der Waals surface area contributed by atoms with E-state index >= 15 is 0 Å². The molecule has 1 amide bonds. The molecule has 0 spiro atoms. The number of nitrogens with zero attached hydrogens (tertiary/aromatic N) is 2. The Morgan fingerprint density at radius 1 is 0.955 bits per heavy atom. The predicted molar refractivity (Wildman–Crippen MR) is 90.7 cm³/mol. The number of carbonyl (C=O) groups is 1. The summed E-state index contributed by atoms with van der Waals surface area (Å²) in [5.41, 5.74) is 0. The van der Waals surface area contributed by atoms with Crippen LogP contribution in [-0.4, -0.2) is 46.9 Å². The van der Waals surface area contributed by atoms with Crippen LogP contribution < -0.4 is 0 Å². The van der Waals surface area contributed by atoms with Gasteiger partial charge in [0.15, 0.2) is 0 Å². The van der Waals surface area contributed by atoms with Crippen LogP contribution in [0.5, 0.6) is 0 Å². The topological polar surface area (TPSA) is 23.6 Å². The van der Waals surface area contributed by atoms with Gasteiger partial charge < -0.3 is 4.90 Å². The summed E-state index contributed by atoms with van der Waals surface area (Å²) in [6.45, 7) is 8.79. The molecular weight excluding hydrogens is 272 g/mol. The van der Waals surface area contributed by atoms with E-state index in [-0.39, 0.29) is 5.91 Å². The van der Waals surface area contributed by atoms with Crippen LogP contribution in [-0.2, 0) is 4.79 Å². The number of piperazine rings is 1. The normalized spacial score (nSPS) is 40.3. The molecule has 2 unspecified atom stereocenters. The van der Waals surface area contributed by atoms with Gasteiger partial charge in [0.25, 0.3) is 0 Å². The van der Waals surface area contributed by atoms with Gasteiger partial charge in [0.05, 0.1) is 0 Å². The molecule has 2 aliphatic carbocycles. The van der Waals surface area contributed by atoms with Crippen molar-refractivity contribution in [2.24, 2.45) is 11.8 Å². The number of amides is 1. The Balaban J connectivity index is 1.67. The first-order chi connectivity index (χ1) is 10.6. The lowest BCUT2D eigenvalue weighted by molar-refractivity contribution is -0.142. The summed E-state index contributed by atoms with van der Waals surface area (Å²) in [4.78, 5) is 17.1. The smallest absolute Gasteiger partial charge is 0.220 e. The van der Waals surface area contributed by atoms with Gasteiger partial charge in [0, 0.05) is 38.1 Å². The minimum atomic E-state index is 0.288. The summed E-state index contributed by atoms with van der Waals surface area (Å²) in [6.07, 6.45) is 10.8. The van der Waals surface area contributed by atoms with Crippen LogP contribution in [0, 0.1) is 11.8 Å². The van der Waals surface area contributed by atoms with Crippen molar-refractivity contribution >= 4 is 5.91 Å². The van der Waals surface area contributed by atoms with E-state index in [0.29, 0.717) is 18.1 Å². The quantitative estimate of drug-likeness (QED) is 0.777. The first-order valence-electron chi connectivity index (χ1n) is 9.59. The van der Waals surface area contributed by atoms with Crippen molar-refractivity contribution in [3.05, 3.63) is 0 Å². The van der Waals surface area contributed by atoms with E-state index in [1.807, 2.05) is 0 Å². The van der Waals surface area contributed by atoms with Crippen LogP contribution in [0.3, 0.4) is 0 Å². The molecule has 3 atom stereocenters. The monoisotopic (exact) mass is 306 g/mol. The molecule has 0 radical (unpaired) electrons. The van der Waals surface area contributed by atoms with Gasteiger partial charge in [-0.25, -0.2) is 0 Å². The van der Waals surface area contributed by atoms with Crippen molar-refractivity contribution in [2.45, 2.75) is 90.3 Å². The first kappa shape index (κ1) is 16.3. The third-order valence-corrected chi connectivity index (χ3v) is 6.49. The summed E-state index contributed by atoms with van der Waals surface area (Å²) >= 11 is 0. The standard InChI is InChI=1S/C19H34N2O/c1-14-8-10-17(11-9-14)13-20-12-15(2)21(16(3)22)19-7-5-4-6-18(19)20/h14-15,17-19H,4-13H2,1-3H3/t14?,15-,17?,18?,19?/m0/s1. The fourth-order valence-electron chi connectivity index (χ4n) is 5.33. The van der Waals surface area contributed by atoms with Crippen molar-refractivity contribution in [1.82, 2.24) is 9.80 Å². The summed E-state index contributed by atoms with van der Waals surface area (Å²) in [5.74, 6) is 2.12. The molecule has 126 valence electrons. The minimum absolute atomic E-state index is 0.288. The Morgan fingerprint density at radius 3 is 2.23 bits per heavy atom. The second-order valence-electron chi connectivity index (χ2n) is 8.27. The van der Waals surface area contributed by atoms with Crippen LogP contribution in [0.25, 0.3) is 0 Å². The molecule has 3 rings (SSSR count). The van der Waals surface area contributed by atoms with Gasteiger partial charge >= 0.3 is 0 Å². The Hall–Kier alpha value is -0.570. The minimum Gasteiger partial charge on any atom is -0.334 e. The van der Waals surface area contributed by atoms with Gasteiger partial charge in [-0.05, 0) is 44.4 Å². The molecule has 2 saturated carbocycles. The van der Waals surface area contributed by atoms with Crippen molar-refractivity contribution < 1.29 is 4.79 Å². The zero-order chi connectivity index (χ0) is 15.7. The SMILES string of the molecule is CC(=O)N1C2CCCCC2N(CC2CCC(C)CC2)C[C@@H]1C. The maximum Gasteiger partial charge on any atom is 0.220 e. The van der Waals surface area contributed by atoms with Gasteiger partial charge in [-0.1, -0.05) is 32.6 Å². The maximum atomic E-state index is 12.1. The van der Waals surface area contributed by atoms with Crippen molar-refractivity contribution in [1.29, 1.82) is 0 Å². The maximum absolute atomic E-state index is 12.1. The van der Waals surface area contributed by atoms with E-state index in [4.69, 9.17) is 0 Å². The molecule has 3 aliphatic rings. The van der Waals surface area contributed by atoms with Gasteiger partial charge in [-0.3, -0.25) is 9.69 Å². The van der Waals surface area contributed by atoms with E-state index in [0.717, 1.165) is 18.4 Å². The van der Waals surface area contributed by atoms with Crippen LogP contribution in [0.4, 0.5) is 0 Å². The molecule has 1 saturated heterocycles. The van der Waals surface area contributed by atoms with Crippen LogP contribution >= 0.6 is 0 Å². The molecule has 0 aromatic heterocycles. The number of hydrogen-bond donors (Lipinski definition) is 0. The van der Waals surface area contributed by atoms with Crippen molar-refractivity contribution in [3.8, 4) is 0 Å². The molecule has 0 aromatic rings. The van der Waals surface area contributed by atoms with E-state index in [1.165, 1.54) is 57.9 Å². The van der Waals surface area contributed by atoms with Crippen molar-refractivity contribution in [3.63, 3.8) is 0 Å². The van der Waals surface area contributed by atoms with E-state index in [9.17, 15) is 4.79 Å². The largest absolute Gasteiger partial charge is 0.334 e. The number of rotatable bonds is 2. The molecule has 1 aliphatic heterocycles. The lowest BCUT2D eigenvalue weighted by atomic mass is 9.80. The van der Waals surface area contributed by atoms with Gasteiger partial charge in [0.1, 0.15) is 0 Å². The van der Waals surface area contributed by atoms with E-state index < -0.39 is 0 Å². The zero-order valence-corrected chi connectivity index (χ0v) is 14.8. The lowest BCUT2D eigenvalue weighted by Crippen LogP contribution is -2.65. The Bertz CT molecular complexity index is 389. The molecule has 0 bridgehead atoms. The fourth-order valence-corrected chi connectivity index (χ4v) is 5.33. The average molecular weight is 306 g/mol. The summed E-state index contributed by atoms with van der Waals surface area (Å²) in [5, 5.41) is 0. The van der Waals surface area contributed by atoms with Crippen LogP contribution in [0.1, 0.15) is 72.1 Å². The van der Waals surface area contributed by atoms with Crippen LogP contribution in [0.2, 0.25) is 0 Å². The summed E-state index contributed by atoms with van der Waals surface area (Å²) in [6, 6.07) is 1.50. The van der Waals surface area contributed by atoms with Gasteiger partial charge in [-0.15, -0.1) is 0 Å². The Labute approximate surface area is 136 Å². The summed E-state index contributed by atoms with van der Waals surface area (Å²) < 4.78 is 0. The molecule has 3 nitrogen and oxygen atoms in total. The molecule has 0 N–H and O–H groups in total. The highest BCUT2D eigenvalue weighted by molar-refractivity contribution is 5.74.